The fourth-order valence-corrected chi connectivity index (χ4v) is 4.49. The second kappa shape index (κ2) is 14.0. The predicted molar refractivity (Wildman–Crippen MR) is 107 cm³/mol. The molecule has 1 unspecified atom stereocenters. The summed E-state index contributed by atoms with van der Waals surface area (Å²) in [5.74, 6) is 0.932. The zero-order chi connectivity index (χ0) is 17.6. The van der Waals surface area contributed by atoms with Crippen LogP contribution in [0, 0.1) is 5.92 Å². The maximum atomic E-state index is 5.59. The summed E-state index contributed by atoms with van der Waals surface area (Å²) in [7, 11) is 0. The van der Waals surface area contributed by atoms with Crippen LogP contribution < -0.4 is 11.1 Å². The minimum Gasteiger partial charge on any atom is -0.379 e. The second-order valence-corrected chi connectivity index (χ2v) is 8.11. The molecule has 1 saturated heterocycles. The molecule has 2 rings (SSSR count). The quantitative estimate of drug-likeness (QED) is 0.497. The third-order valence-corrected chi connectivity index (χ3v) is 6.10. The van der Waals surface area contributed by atoms with E-state index in [0.29, 0.717) is 0 Å². The van der Waals surface area contributed by atoms with Crippen molar-refractivity contribution in [1.82, 2.24) is 10.2 Å². The van der Waals surface area contributed by atoms with Gasteiger partial charge in [-0.3, -0.25) is 4.90 Å². The first kappa shape index (κ1) is 21.1. The maximum Gasteiger partial charge on any atom is 0.0594 e. The summed E-state index contributed by atoms with van der Waals surface area (Å²) < 4.78 is 5.44. The topological polar surface area (TPSA) is 50.5 Å². The van der Waals surface area contributed by atoms with Crippen LogP contribution >= 0.6 is 0 Å². The van der Waals surface area contributed by atoms with Gasteiger partial charge in [-0.2, -0.15) is 0 Å². The van der Waals surface area contributed by atoms with E-state index in [1.165, 1.54) is 90.1 Å². The number of unbranched alkanes of at least 4 members (excludes halogenated alkanes) is 4. The van der Waals surface area contributed by atoms with Crippen molar-refractivity contribution < 1.29 is 4.74 Å². The van der Waals surface area contributed by atoms with Gasteiger partial charge in [0.2, 0.25) is 0 Å². The van der Waals surface area contributed by atoms with Crippen LogP contribution in [0.2, 0.25) is 0 Å². The number of ether oxygens (including phenoxy) is 1. The van der Waals surface area contributed by atoms with Crippen molar-refractivity contribution in [3.05, 3.63) is 0 Å². The van der Waals surface area contributed by atoms with Crippen molar-refractivity contribution in [1.29, 1.82) is 0 Å². The number of nitrogens with two attached hydrogens (primary N) is 1. The van der Waals surface area contributed by atoms with Gasteiger partial charge in [-0.25, -0.2) is 0 Å². The summed E-state index contributed by atoms with van der Waals surface area (Å²) in [4.78, 5) is 2.55. The average molecular weight is 354 g/mol. The maximum absolute atomic E-state index is 5.59. The molecule has 148 valence electrons. The molecule has 1 atom stereocenters. The summed E-state index contributed by atoms with van der Waals surface area (Å²) in [6.07, 6.45) is 16.6. The Hall–Kier alpha value is -0.160. The Labute approximate surface area is 156 Å². The lowest BCUT2D eigenvalue weighted by Gasteiger charge is -2.32. The zero-order valence-electron chi connectivity index (χ0n) is 16.5. The minimum atomic E-state index is 0.763. The monoisotopic (exact) mass is 353 g/mol. The molecule has 3 N–H and O–H groups in total. The minimum absolute atomic E-state index is 0.763. The highest BCUT2D eigenvalue weighted by atomic mass is 16.5. The third-order valence-electron chi connectivity index (χ3n) is 6.10. The van der Waals surface area contributed by atoms with Crippen LogP contribution in [0.25, 0.3) is 0 Å². The lowest BCUT2D eigenvalue weighted by molar-refractivity contribution is 0.0372. The number of hydrogen-bond donors (Lipinski definition) is 2. The molecular weight excluding hydrogens is 310 g/mol. The number of nitrogens with zero attached hydrogens (tertiary/aromatic N) is 1. The summed E-state index contributed by atoms with van der Waals surface area (Å²) >= 11 is 0. The molecule has 0 spiro atoms. The van der Waals surface area contributed by atoms with Crippen LogP contribution in [0.1, 0.15) is 77.0 Å². The summed E-state index contributed by atoms with van der Waals surface area (Å²) in [5, 5.41) is 3.95. The Bertz CT molecular complexity index is 302. The van der Waals surface area contributed by atoms with Crippen LogP contribution in [0.5, 0.6) is 0 Å². The molecule has 0 aromatic rings. The van der Waals surface area contributed by atoms with Gasteiger partial charge < -0.3 is 15.8 Å². The Kier molecular flexibility index (Phi) is 11.8. The van der Waals surface area contributed by atoms with E-state index in [1.54, 1.807) is 0 Å². The molecule has 1 heterocycles. The van der Waals surface area contributed by atoms with Gasteiger partial charge in [0.25, 0.3) is 0 Å². The second-order valence-electron chi connectivity index (χ2n) is 8.11. The molecule has 4 nitrogen and oxygen atoms in total. The van der Waals surface area contributed by atoms with Crippen molar-refractivity contribution in [2.45, 2.75) is 83.1 Å². The van der Waals surface area contributed by atoms with E-state index in [-0.39, 0.29) is 0 Å². The van der Waals surface area contributed by atoms with E-state index < -0.39 is 0 Å². The lowest BCUT2D eigenvalue weighted by atomic mass is 9.82. The van der Waals surface area contributed by atoms with Gasteiger partial charge in [0.15, 0.2) is 0 Å². The average Bonchev–Trinajstić information content (AvgIpc) is 2.67. The van der Waals surface area contributed by atoms with Crippen molar-refractivity contribution >= 4 is 0 Å². The molecule has 0 amide bonds. The Morgan fingerprint density at radius 2 is 1.64 bits per heavy atom. The first-order chi connectivity index (χ1) is 12.4. The van der Waals surface area contributed by atoms with Crippen molar-refractivity contribution in [3.63, 3.8) is 0 Å². The van der Waals surface area contributed by atoms with Crippen LogP contribution in [0.15, 0.2) is 0 Å². The number of morpholine rings is 1. The molecule has 0 aromatic carbocycles. The van der Waals surface area contributed by atoms with Crippen molar-refractivity contribution in [2.75, 3.05) is 45.9 Å². The van der Waals surface area contributed by atoms with Crippen LogP contribution in [-0.2, 0) is 4.74 Å². The van der Waals surface area contributed by atoms with Gasteiger partial charge in [0.05, 0.1) is 13.2 Å². The lowest BCUT2D eigenvalue weighted by Crippen LogP contribution is -2.40. The molecule has 1 saturated carbocycles. The molecule has 2 fully saturated rings. The van der Waals surface area contributed by atoms with Gasteiger partial charge in [-0.05, 0) is 57.7 Å². The normalized spacial score (nSPS) is 21.5. The highest BCUT2D eigenvalue weighted by Gasteiger charge is 2.22. The predicted octanol–water partition coefficient (Wildman–Crippen LogP) is 3.55. The SMILES string of the molecule is NCCCCCCCC(NCCCN1CCOCC1)C1CCCCC1. The summed E-state index contributed by atoms with van der Waals surface area (Å²) in [6, 6.07) is 0.763. The molecule has 25 heavy (non-hydrogen) atoms. The summed E-state index contributed by atoms with van der Waals surface area (Å²) in [5.41, 5.74) is 5.59. The Morgan fingerprint density at radius 1 is 0.920 bits per heavy atom. The Morgan fingerprint density at radius 3 is 2.40 bits per heavy atom. The van der Waals surface area contributed by atoms with E-state index in [2.05, 4.69) is 10.2 Å². The highest BCUT2D eigenvalue weighted by Crippen LogP contribution is 2.28. The van der Waals surface area contributed by atoms with Crippen LogP contribution in [0.4, 0.5) is 0 Å². The molecule has 2 aliphatic rings. The van der Waals surface area contributed by atoms with Gasteiger partial charge in [-0.1, -0.05) is 44.9 Å². The van der Waals surface area contributed by atoms with Crippen LogP contribution in [-0.4, -0.2) is 56.9 Å². The molecular formula is C21H43N3O. The molecule has 1 aliphatic heterocycles. The molecule has 0 bridgehead atoms. The smallest absolute Gasteiger partial charge is 0.0594 e. The standard InChI is InChI=1S/C21H43N3O/c22-13-8-3-1-2-7-12-21(20-10-5-4-6-11-20)23-14-9-15-24-16-18-25-19-17-24/h20-21,23H,1-19,22H2. The Balaban J connectivity index is 1.61. The molecule has 0 radical (unpaired) electrons. The van der Waals surface area contributed by atoms with E-state index in [0.717, 1.165) is 44.8 Å². The van der Waals surface area contributed by atoms with Crippen LogP contribution in [0.3, 0.4) is 0 Å². The summed E-state index contributed by atoms with van der Waals surface area (Å²) in [6.45, 7) is 7.35. The number of rotatable bonds is 13. The number of hydrogen-bond acceptors (Lipinski definition) is 4. The van der Waals surface area contributed by atoms with Gasteiger partial charge in [0.1, 0.15) is 0 Å². The molecule has 4 heteroatoms. The fourth-order valence-electron chi connectivity index (χ4n) is 4.49. The van der Waals surface area contributed by atoms with E-state index >= 15 is 0 Å². The fraction of sp³-hybridized carbons (Fsp3) is 1.00. The zero-order valence-corrected chi connectivity index (χ0v) is 16.5. The van der Waals surface area contributed by atoms with E-state index in [1.807, 2.05) is 0 Å². The highest BCUT2D eigenvalue weighted by molar-refractivity contribution is 4.79. The first-order valence-corrected chi connectivity index (χ1v) is 11.1. The first-order valence-electron chi connectivity index (χ1n) is 11.1. The molecule has 0 aromatic heterocycles. The van der Waals surface area contributed by atoms with E-state index in [4.69, 9.17) is 10.5 Å². The van der Waals surface area contributed by atoms with Crippen molar-refractivity contribution in [3.8, 4) is 0 Å². The largest absolute Gasteiger partial charge is 0.379 e. The van der Waals surface area contributed by atoms with Gasteiger partial charge in [-0.15, -0.1) is 0 Å². The third kappa shape index (κ3) is 9.37. The van der Waals surface area contributed by atoms with Gasteiger partial charge >= 0.3 is 0 Å². The van der Waals surface area contributed by atoms with Gasteiger partial charge in [0, 0.05) is 19.1 Å². The molecule has 1 aliphatic carbocycles. The number of nitrogens with one attached hydrogen (secondary N) is 1. The van der Waals surface area contributed by atoms with Crippen molar-refractivity contribution in [2.24, 2.45) is 11.7 Å². The van der Waals surface area contributed by atoms with E-state index in [9.17, 15) is 0 Å².